The van der Waals surface area contributed by atoms with Gasteiger partial charge >= 0.3 is 6.36 Å². The van der Waals surface area contributed by atoms with Crippen LogP contribution in [0.4, 0.5) is 13.2 Å². The predicted molar refractivity (Wildman–Crippen MR) is 82.8 cm³/mol. The number of para-hydroxylation sites is 1. The summed E-state index contributed by atoms with van der Waals surface area (Å²) in [7, 11) is 1.86. The maximum Gasteiger partial charge on any atom is 0.573 e. The molecule has 3 nitrogen and oxygen atoms in total. The third-order valence-corrected chi connectivity index (χ3v) is 3.33. The molecule has 0 aliphatic carbocycles. The largest absolute Gasteiger partial charge is 0.573 e. The first-order chi connectivity index (χ1) is 10.9. The average Bonchev–Trinajstić information content (AvgIpc) is 2.82. The van der Waals surface area contributed by atoms with Crippen LogP contribution in [0, 0.1) is 0 Å². The maximum absolute atomic E-state index is 12.1. The van der Waals surface area contributed by atoms with E-state index < -0.39 is 6.36 Å². The van der Waals surface area contributed by atoms with Gasteiger partial charge in [-0.3, -0.25) is 4.68 Å². The number of hydrogen-bond donors (Lipinski definition) is 0. The van der Waals surface area contributed by atoms with Crippen molar-refractivity contribution in [3.8, 4) is 5.75 Å². The zero-order valence-corrected chi connectivity index (χ0v) is 12.2. The van der Waals surface area contributed by atoms with E-state index in [1.54, 1.807) is 22.9 Å². The lowest BCUT2D eigenvalue weighted by Gasteiger charge is -2.08. The number of hydrogen-bond acceptors (Lipinski definition) is 2. The molecule has 0 bridgehead atoms. The second kappa shape index (κ2) is 5.79. The number of ether oxygens (including phenoxy) is 1. The van der Waals surface area contributed by atoms with E-state index in [0.29, 0.717) is 0 Å². The summed E-state index contributed by atoms with van der Waals surface area (Å²) >= 11 is 0. The van der Waals surface area contributed by atoms with E-state index in [1.807, 2.05) is 37.4 Å². The second-order valence-electron chi connectivity index (χ2n) is 4.98. The van der Waals surface area contributed by atoms with Crippen molar-refractivity contribution in [2.24, 2.45) is 7.05 Å². The van der Waals surface area contributed by atoms with Crippen molar-refractivity contribution in [2.45, 2.75) is 6.36 Å². The van der Waals surface area contributed by atoms with Crippen molar-refractivity contribution in [3.63, 3.8) is 0 Å². The third-order valence-electron chi connectivity index (χ3n) is 3.33. The molecule has 0 saturated carbocycles. The van der Waals surface area contributed by atoms with Crippen LogP contribution in [0.25, 0.3) is 23.1 Å². The summed E-state index contributed by atoms with van der Waals surface area (Å²) in [5, 5.41) is 5.44. The number of nitrogens with zero attached hydrogens (tertiary/aromatic N) is 2. The standard InChI is InChI=1S/C17H13F3N2O/c1-22-16-5-3-2-4-14(16)15(21-22)11-8-12-6-9-13(10-7-12)23-17(18,19)20/h2-11H,1H3/b11-8+. The summed E-state index contributed by atoms with van der Waals surface area (Å²) in [5.74, 6) is -0.238. The van der Waals surface area contributed by atoms with Gasteiger partial charge < -0.3 is 4.74 Å². The Balaban J connectivity index is 1.82. The van der Waals surface area contributed by atoms with E-state index in [1.165, 1.54) is 12.1 Å². The van der Waals surface area contributed by atoms with Crippen LogP contribution in [0.5, 0.6) is 5.75 Å². The molecule has 0 amide bonds. The molecular weight excluding hydrogens is 305 g/mol. The van der Waals surface area contributed by atoms with Crippen molar-refractivity contribution in [2.75, 3.05) is 0 Å². The smallest absolute Gasteiger partial charge is 0.406 e. The molecule has 0 aliphatic rings. The Bertz CT molecular complexity index is 848. The highest BCUT2D eigenvalue weighted by Gasteiger charge is 2.30. The molecule has 0 saturated heterocycles. The van der Waals surface area contributed by atoms with E-state index in [4.69, 9.17) is 0 Å². The van der Waals surface area contributed by atoms with Crippen LogP contribution in [-0.2, 0) is 7.05 Å². The van der Waals surface area contributed by atoms with Crippen molar-refractivity contribution in [1.82, 2.24) is 9.78 Å². The zero-order valence-electron chi connectivity index (χ0n) is 12.2. The van der Waals surface area contributed by atoms with Crippen LogP contribution in [0.2, 0.25) is 0 Å². The Kier molecular flexibility index (Phi) is 3.82. The topological polar surface area (TPSA) is 27.1 Å². The molecule has 1 aromatic heterocycles. The molecule has 118 valence electrons. The minimum absolute atomic E-state index is 0.238. The van der Waals surface area contributed by atoms with Crippen LogP contribution in [0.15, 0.2) is 48.5 Å². The van der Waals surface area contributed by atoms with Crippen LogP contribution in [0.1, 0.15) is 11.3 Å². The van der Waals surface area contributed by atoms with Gasteiger partial charge in [0.15, 0.2) is 0 Å². The Labute approximate surface area is 130 Å². The molecular formula is C17H13F3N2O. The van der Waals surface area contributed by atoms with Gasteiger partial charge in [0.2, 0.25) is 0 Å². The highest BCUT2D eigenvalue weighted by Crippen LogP contribution is 2.24. The van der Waals surface area contributed by atoms with E-state index in [0.717, 1.165) is 22.2 Å². The minimum Gasteiger partial charge on any atom is -0.406 e. The summed E-state index contributed by atoms with van der Waals surface area (Å²) in [4.78, 5) is 0. The van der Waals surface area contributed by atoms with Gasteiger partial charge in [-0.05, 0) is 29.8 Å². The normalized spacial score (nSPS) is 12.2. The number of alkyl halides is 3. The Morgan fingerprint density at radius 1 is 1.00 bits per heavy atom. The molecule has 0 unspecified atom stereocenters. The number of rotatable bonds is 3. The monoisotopic (exact) mass is 318 g/mol. The molecule has 0 spiro atoms. The number of aryl methyl sites for hydroxylation is 1. The van der Waals surface area contributed by atoms with Crippen molar-refractivity contribution >= 4 is 23.1 Å². The lowest BCUT2D eigenvalue weighted by Crippen LogP contribution is -2.16. The first-order valence-corrected chi connectivity index (χ1v) is 6.88. The van der Waals surface area contributed by atoms with Crippen LogP contribution in [-0.4, -0.2) is 16.1 Å². The highest BCUT2D eigenvalue weighted by atomic mass is 19.4. The highest BCUT2D eigenvalue weighted by molar-refractivity contribution is 5.89. The quantitative estimate of drug-likeness (QED) is 0.703. The van der Waals surface area contributed by atoms with Crippen molar-refractivity contribution < 1.29 is 17.9 Å². The van der Waals surface area contributed by atoms with Gasteiger partial charge in [0.05, 0.1) is 11.2 Å². The molecule has 3 rings (SSSR count). The van der Waals surface area contributed by atoms with E-state index in [-0.39, 0.29) is 5.75 Å². The third kappa shape index (κ3) is 3.53. The second-order valence-corrected chi connectivity index (χ2v) is 4.98. The number of halogens is 3. The zero-order chi connectivity index (χ0) is 16.4. The molecule has 6 heteroatoms. The Morgan fingerprint density at radius 3 is 2.39 bits per heavy atom. The molecule has 0 fully saturated rings. The minimum atomic E-state index is -4.68. The molecule has 2 aromatic carbocycles. The fourth-order valence-electron chi connectivity index (χ4n) is 2.32. The molecule has 1 heterocycles. The van der Waals surface area contributed by atoms with Gasteiger partial charge in [0.1, 0.15) is 5.75 Å². The molecule has 0 N–H and O–H groups in total. The fourth-order valence-corrected chi connectivity index (χ4v) is 2.32. The number of fused-ring (bicyclic) bond motifs is 1. The molecule has 23 heavy (non-hydrogen) atoms. The summed E-state index contributed by atoms with van der Waals surface area (Å²) in [6, 6.07) is 13.5. The lowest BCUT2D eigenvalue weighted by atomic mass is 10.1. The summed E-state index contributed by atoms with van der Waals surface area (Å²) in [5.41, 5.74) is 2.58. The van der Waals surface area contributed by atoms with E-state index in [9.17, 15) is 13.2 Å². The summed E-state index contributed by atoms with van der Waals surface area (Å²) in [6.45, 7) is 0. The first kappa shape index (κ1) is 15.1. The summed E-state index contributed by atoms with van der Waals surface area (Å²) in [6.07, 6.45) is -1.04. The molecule has 0 atom stereocenters. The van der Waals surface area contributed by atoms with E-state index >= 15 is 0 Å². The van der Waals surface area contributed by atoms with Crippen molar-refractivity contribution in [1.29, 1.82) is 0 Å². The van der Waals surface area contributed by atoms with Gasteiger partial charge in [0.25, 0.3) is 0 Å². The fraction of sp³-hybridized carbons (Fsp3) is 0.118. The van der Waals surface area contributed by atoms with Gasteiger partial charge in [0, 0.05) is 12.4 Å². The van der Waals surface area contributed by atoms with Crippen LogP contribution in [0.3, 0.4) is 0 Å². The number of benzene rings is 2. The Hall–Kier alpha value is -2.76. The average molecular weight is 318 g/mol. The maximum atomic E-state index is 12.1. The molecule has 3 aromatic rings. The van der Waals surface area contributed by atoms with Crippen LogP contribution < -0.4 is 4.74 Å². The van der Waals surface area contributed by atoms with Crippen LogP contribution >= 0.6 is 0 Å². The molecule has 0 radical (unpaired) electrons. The lowest BCUT2D eigenvalue weighted by molar-refractivity contribution is -0.274. The molecule has 0 aliphatic heterocycles. The predicted octanol–water partition coefficient (Wildman–Crippen LogP) is 4.64. The Morgan fingerprint density at radius 2 is 1.70 bits per heavy atom. The summed E-state index contributed by atoms with van der Waals surface area (Å²) < 4.78 is 42.0. The van der Waals surface area contributed by atoms with Gasteiger partial charge in [-0.2, -0.15) is 5.10 Å². The first-order valence-electron chi connectivity index (χ1n) is 6.88. The van der Waals surface area contributed by atoms with Crippen molar-refractivity contribution in [3.05, 3.63) is 59.8 Å². The van der Waals surface area contributed by atoms with Gasteiger partial charge in [-0.25, -0.2) is 0 Å². The van der Waals surface area contributed by atoms with Gasteiger partial charge in [-0.1, -0.05) is 36.4 Å². The van der Waals surface area contributed by atoms with Gasteiger partial charge in [-0.15, -0.1) is 13.2 Å². The number of aromatic nitrogens is 2. The SMILES string of the molecule is Cn1nc(/C=C/c2ccc(OC(F)(F)F)cc2)c2ccccc21. The van der Waals surface area contributed by atoms with E-state index in [2.05, 4.69) is 9.84 Å².